The summed E-state index contributed by atoms with van der Waals surface area (Å²) in [5.74, 6) is -2.72. The molecule has 5 nitrogen and oxygen atoms in total. The van der Waals surface area contributed by atoms with Gasteiger partial charge in [-0.3, -0.25) is 4.79 Å². The summed E-state index contributed by atoms with van der Waals surface area (Å²) in [6.45, 7) is -1.02. The maximum absolute atomic E-state index is 13.3. The average molecular weight is 291 g/mol. The molecule has 0 atom stereocenters. The van der Waals surface area contributed by atoms with Crippen LogP contribution in [0.3, 0.4) is 0 Å². The van der Waals surface area contributed by atoms with Gasteiger partial charge in [-0.2, -0.15) is 0 Å². The molecule has 1 aromatic rings. The van der Waals surface area contributed by atoms with Crippen LogP contribution in [0.5, 0.6) is 0 Å². The van der Waals surface area contributed by atoms with Crippen molar-refractivity contribution in [3.8, 4) is 0 Å². The smallest absolute Gasteiger partial charge is 0.335 e. The molecule has 2 N–H and O–H groups in total. The number of carboxylic acid groups (broad SMARTS) is 1. The standard InChI is InChI=1S/C12H12F3NO4/c13-8-2-1-7(12(18)19)5-9(8)16-11(17)3-4-20-6-10(14)15/h1-2,5,10H,3-4,6H2,(H,16,17)(H,18,19). The highest BCUT2D eigenvalue weighted by molar-refractivity contribution is 5.94. The minimum absolute atomic E-state index is 0.185. The predicted octanol–water partition coefficient (Wildman–Crippen LogP) is 2.13. The molecule has 0 bridgehead atoms. The first kappa shape index (κ1) is 16.0. The van der Waals surface area contributed by atoms with Crippen LogP contribution in [0.15, 0.2) is 18.2 Å². The number of halogens is 3. The SMILES string of the molecule is O=C(CCOCC(F)F)Nc1cc(C(=O)O)ccc1F. The minimum atomic E-state index is -2.62. The van der Waals surface area contributed by atoms with Crippen LogP contribution in [0.2, 0.25) is 0 Å². The number of nitrogens with one attached hydrogen (secondary N) is 1. The van der Waals surface area contributed by atoms with Crippen LogP contribution in [0.25, 0.3) is 0 Å². The van der Waals surface area contributed by atoms with Crippen LogP contribution in [-0.4, -0.2) is 36.6 Å². The van der Waals surface area contributed by atoms with Crippen molar-refractivity contribution in [3.63, 3.8) is 0 Å². The van der Waals surface area contributed by atoms with Gasteiger partial charge in [0.1, 0.15) is 12.4 Å². The second-order valence-corrected chi connectivity index (χ2v) is 3.76. The van der Waals surface area contributed by atoms with Gasteiger partial charge in [0.15, 0.2) is 0 Å². The Morgan fingerprint density at radius 1 is 1.35 bits per heavy atom. The number of carbonyl (C=O) groups excluding carboxylic acids is 1. The maximum Gasteiger partial charge on any atom is 0.335 e. The summed E-state index contributed by atoms with van der Waals surface area (Å²) >= 11 is 0. The zero-order valence-corrected chi connectivity index (χ0v) is 10.2. The van der Waals surface area contributed by atoms with E-state index in [9.17, 15) is 22.8 Å². The van der Waals surface area contributed by atoms with E-state index in [1.54, 1.807) is 0 Å². The average Bonchev–Trinajstić information content (AvgIpc) is 2.37. The lowest BCUT2D eigenvalue weighted by Gasteiger charge is -2.07. The largest absolute Gasteiger partial charge is 0.478 e. The molecule has 1 aromatic carbocycles. The van der Waals surface area contributed by atoms with Crippen molar-refractivity contribution in [2.24, 2.45) is 0 Å². The molecule has 0 unspecified atom stereocenters. The van der Waals surface area contributed by atoms with Gasteiger partial charge in [-0.25, -0.2) is 18.0 Å². The Bertz CT molecular complexity index is 494. The van der Waals surface area contributed by atoms with Crippen molar-refractivity contribution in [1.29, 1.82) is 0 Å². The summed E-state index contributed by atoms with van der Waals surface area (Å²) in [6.07, 6.45) is -2.87. The van der Waals surface area contributed by atoms with Crippen LogP contribution >= 0.6 is 0 Å². The number of rotatable bonds is 7. The minimum Gasteiger partial charge on any atom is -0.478 e. The monoisotopic (exact) mass is 291 g/mol. The Hall–Kier alpha value is -2.09. The van der Waals surface area contributed by atoms with Crippen LogP contribution in [0, 0.1) is 5.82 Å². The third-order valence-electron chi connectivity index (χ3n) is 2.20. The maximum atomic E-state index is 13.3. The summed E-state index contributed by atoms with van der Waals surface area (Å²) < 4.78 is 41.3. The molecule has 0 radical (unpaired) electrons. The molecule has 8 heteroatoms. The molecule has 1 rings (SSSR count). The summed E-state index contributed by atoms with van der Waals surface area (Å²) in [6, 6.07) is 2.93. The first-order chi connectivity index (χ1) is 9.40. The molecule has 0 aliphatic rings. The molecular formula is C12H12F3NO4. The molecule has 0 fully saturated rings. The van der Waals surface area contributed by atoms with Crippen LogP contribution in [0.4, 0.5) is 18.9 Å². The van der Waals surface area contributed by atoms with Gasteiger partial charge in [-0.15, -0.1) is 0 Å². The molecule has 0 saturated carbocycles. The summed E-state index contributed by atoms with van der Waals surface area (Å²) in [5.41, 5.74) is -0.473. The van der Waals surface area contributed by atoms with Gasteiger partial charge in [0.05, 0.1) is 24.3 Å². The van der Waals surface area contributed by atoms with Crippen molar-refractivity contribution in [3.05, 3.63) is 29.6 Å². The molecule has 0 aliphatic carbocycles. The van der Waals surface area contributed by atoms with Crippen molar-refractivity contribution < 1.29 is 32.6 Å². The number of ether oxygens (including phenoxy) is 1. The Kier molecular flexibility index (Phi) is 5.98. The molecule has 0 spiro atoms. The van der Waals surface area contributed by atoms with Gasteiger partial charge in [0, 0.05) is 0 Å². The van der Waals surface area contributed by atoms with E-state index in [1.807, 2.05) is 0 Å². The predicted molar refractivity (Wildman–Crippen MR) is 63.4 cm³/mol. The van der Waals surface area contributed by atoms with Gasteiger partial charge < -0.3 is 15.2 Å². The zero-order chi connectivity index (χ0) is 15.1. The fourth-order valence-electron chi connectivity index (χ4n) is 1.30. The Labute approximate surface area is 112 Å². The number of amides is 1. The van der Waals surface area contributed by atoms with Crippen molar-refractivity contribution in [2.45, 2.75) is 12.8 Å². The van der Waals surface area contributed by atoms with Crippen LogP contribution < -0.4 is 5.32 Å². The highest BCUT2D eigenvalue weighted by atomic mass is 19.3. The molecule has 20 heavy (non-hydrogen) atoms. The molecular weight excluding hydrogens is 279 g/mol. The normalized spacial score (nSPS) is 10.6. The molecule has 1 amide bonds. The van der Waals surface area contributed by atoms with E-state index in [-0.39, 0.29) is 24.3 Å². The van der Waals surface area contributed by atoms with E-state index in [1.165, 1.54) is 0 Å². The zero-order valence-electron chi connectivity index (χ0n) is 10.2. The lowest BCUT2D eigenvalue weighted by Crippen LogP contribution is -2.16. The second-order valence-electron chi connectivity index (χ2n) is 3.76. The fourth-order valence-corrected chi connectivity index (χ4v) is 1.30. The van der Waals surface area contributed by atoms with Crippen molar-refractivity contribution in [1.82, 2.24) is 0 Å². The fraction of sp³-hybridized carbons (Fsp3) is 0.333. The first-order valence-electron chi connectivity index (χ1n) is 5.58. The number of carbonyl (C=O) groups is 2. The number of anilines is 1. The Morgan fingerprint density at radius 2 is 2.05 bits per heavy atom. The van der Waals surface area contributed by atoms with Gasteiger partial charge in [-0.1, -0.05) is 0 Å². The van der Waals surface area contributed by atoms with Gasteiger partial charge in [0.2, 0.25) is 5.91 Å². The van der Waals surface area contributed by atoms with Crippen molar-refractivity contribution in [2.75, 3.05) is 18.5 Å². The highest BCUT2D eigenvalue weighted by Crippen LogP contribution is 2.16. The lowest BCUT2D eigenvalue weighted by molar-refractivity contribution is -0.117. The number of carboxylic acids is 1. The van der Waals surface area contributed by atoms with Crippen LogP contribution in [-0.2, 0) is 9.53 Å². The lowest BCUT2D eigenvalue weighted by atomic mass is 10.2. The third-order valence-corrected chi connectivity index (χ3v) is 2.20. The van der Waals surface area contributed by atoms with E-state index in [4.69, 9.17) is 5.11 Å². The topological polar surface area (TPSA) is 75.6 Å². The highest BCUT2D eigenvalue weighted by Gasteiger charge is 2.11. The van der Waals surface area contributed by atoms with Gasteiger partial charge >= 0.3 is 5.97 Å². The Balaban J connectivity index is 2.53. The van der Waals surface area contributed by atoms with Crippen LogP contribution in [0.1, 0.15) is 16.8 Å². The third kappa shape index (κ3) is 5.27. The number of hydrogen-bond donors (Lipinski definition) is 2. The molecule has 0 saturated heterocycles. The molecule has 0 heterocycles. The van der Waals surface area contributed by atoms with Gasteiger partial charge in [0.25, 0.3) is 6.43 Å². The molecule has 0 aromatic heterocycles. The number of hydrogen-bond acceptors (Lipinski definition) is 3. The van der Waals surface area contributed by atoms with E-state index in [0.29, 0.717) is 0 Å². The molecule has 0 aliphatic heterocycles. The first-order valence-corrected chi connectivity index (χ1v) is 5.58. The molecule has 110 valence electrons. The Morgan fingerprint density at radius 3 is 2.65 bits per heavy atom. The van der Waals surface area contributed by atoms with Gasteiger partial charge in [-0.05, 0) is 18.2 Å². The summed E-state index contributed by atoms with van der Waals surface area (Å²) in [4.78, 5) is 22.1. The van der Waals surface area contributed by atoms with E-state index in [2.05, 4.69) is 10.1 Å². The number of alkyl halides is 2. The quantitative estimate of drug-likeness (QED) is 0.755. The van der Waals surface area contributed by atoms with E-state index >= 15 is 0 Å². The number of benzene rings is 1. The van der Waals surface area contributed by atoms with E-state index in [0.717, 1.165) is 18.2 Å². The second kappa shape index (κ2) is 7.49. The summed E-state index contributed by atoms with van der Waals surface area (Å²) in [7, 11) is 0. The van der Waals surface area contributed by atoms with E-state index < -0.39 is 30.7 Å². The summed E-state index contributed by atoms with van der Waals surface area (Å²) in [5, 5.41) is 10.9. The number of aromatic carboxylic acids is 1. The van der Waals surface area contributed by atoms with Crippen molar-refractivity contribution >= 4 is 17.6 Å².